The van der Waals surface area contributed by atoms with Gasteiger partial charge in [0.2, 0.25) is 5.91 Å². The Morgan fingerprint density at radius 3 is 2.72 bits per heavy atom. The molecule has 0 aliphatic carbocycles. The Morgan fingerprint density at radius 1 is 1.50 bits per heavy atom. The quantitative estimate of drug-likeness (QED) is 0.845. The van der Waals surface area contributed by atoms with Crippen LogP contribution in [-0.2, 0) is 21.1 Å². The van der Waals surface area contributed by atoms with Crippen LogP contribution in [0.3, 0.4) is 0 Å². The van der Waals surface area contributed by atoms with Gasteiger partial charge in [-0.1, -0.05) is 5.16 Å². The SMILES string of the molecule is Cc1noc(C)c1CC(=O)N[C@@H]1CCS(=O)(=O)C1. The summed E-state index contributed by atoms with van der Waals surface area (Å²) in [5, 5.41) is 6.51. The normalized spacial score (nSPS) is 22.0. The number of amides is 1. The summed E-state index contributed by atoms with van der Waals surface area (Å²) in [5.41, 5.74) is 1.47. The third-order valence-electron chi connectivity index (χ3n) is 3.12. The number of sulfone groups is 1. The van der Waals surface area contributed by atoms with E-state index in [0.717, 1.165) is 5.56 Å². The molecule has 0 aromatic carbocycles. The predicted octanol–water partition coefficient (Wildman–Crippen LogP) is 0.137. The maximum atomic E-state index is 11.8. The fraction of sp³-hybridized carbons (Fsp3) is 0.636. The highest BCUT2D eigenvalue weighted by Gasteiger charge is 2.29. The first-order valence-electron chi connectivity index (χ1n) is 5.79. The van der Waals surface area contributed by atoms with Gasteiger partial charge in [0, 0.05) is 11.6 Å². The van der Waals surface area contributed by atoms with E-state index in [9.17, 15) is 13.2 Å². The van der Waals surface area contributed by atoms with Gasteiger partial charge in [-0.15, -0.1) is 0 Å². The van der Waals surface area contributed by atoms with Crippen molar-refractivity contribution in [3.63, 3.8) is 0 Å². The number of aryl methyl sites for hydroxylation is 2. The van der Waals surface area contributed by atoms with E-state index in [1.165, 1.54) is 0 Å². The summed E-state index contributed by atoms with van der Waals surface area (Å²) in [5.74, 6) is 0.636. The van der Waals surface area contributed by atoms with Gasteiger partial charge in [-0.3, -0.25) is 4.79 Å². The Labute approximate surface area is 106 Å². The molecule has 2 heterocycles. The van der Waals surface area contributed by atoms with Crippen molar-refractivity contribution in [1.29, 1.82) is 0 Å². The summed E-state index contributed by atoms with van der Waals surface area (Å²) in [6, 6.07) is -0.261. The predicted molar refractivity (Wildman–Crippen MR) is 64.9 cm³/mol. The fourth-order valence-electron chi connectivity index (χ4n) is 2.10. The Balaban J connectivity index is 1.94. The smallest absolute Gasteiger partial charge is 0.224 e. The van der Waals surface area contributed by atoms with E-state index in [1.54, 1.807) is 13.8 Å². The van der Waals surface area contributed by atoms with Crippen molar-refractivity contribution >= 4 is 15.7 Å². The first kappa shape index (κ1) is 13.1. The molecule has 7 heteroatoms. The van der Waals surface area contributed by atoms with Crippen molar-refractivity contribution in [2.45, 2.75) is 32.7 Å². The van der Waals surface area contributed by atoms with Crippen LogP contribution in [0.1, 0.15) is 23.4 Å². The van der Waals surface area contributed by atoms with Crippen molar-refractivity contribution in [1.82, 2.24) is 10.5 Å². The van der Waals surface area contributed by atoms with E-state index in [0.29, 0.717) is 17.9 Å². The van der Waals surface area contributed by atoms with Gasteiger partial charge in [-0.25, -0.2) is 8.42 Å². The zero-order chi connectivity index (χ0) is 13.3. The summed E-state index contributed by atoms with van der Waals surface area (Å²) in [4.78, 5) is 11.8. The van der Waals surface area contributed by atoms with Crippen molar-refractivity contribution in [2.24, 2.45) is 0 Å². The topological polar surface area (TPSA) is 89.3 Å². The lowest BCUT2D eigenvalue weighted by atomic mass is 10.1. The molecule has 18 heavy (non-hydrogen) atoms. The molecule has 0 unspecified atom stereocenters. The molecule has 1 aliphatic rings. The lowest BCUT2D eigenvalue weighted by Crippen LogP contribution is -2.36. The summed E-state index contributed by atoms with van der Waals surface area (Å²) >= 11 is 0. The second kappa shape index (κ2) is 4.72. The maximum absolute atomic E-state index is 11.8. The van der Waals surface area contributed by atoms with Gasteiger partial charge >= 0.3 is 0 Å². The lowest BCUT2D eigenvalue weighted by molar-refractivity contribution is -0.121. The largest absolute Gasteiger partial charge is 0.361 e. The minimum atomic E-state index is -2.97. The van der Waals surface area contributed by atoms with E-state index in [2.05, 4.69) is 10.5 Å². The molecule has 0 saturated carbocycles. The Kier molecular flexibility index (Phi) is 3.43. The van der Waals surface area contributed by atoms with Gasteiger partial charge in [0.05, 0.1) is 23.6 Å². The van der Waals surface area contributed by atoms with Gasteiger partial charge < -0.3 is 9.84 Å². The van der Waals surface area contributed by atoms with Crippen LogP contribution in [0.2, 0.25) is 0 Å². The molecule has 100 valence electrons. The van der Waals surface area contributed by atoms with Gasteiger partial charge in [0.1, 0.15) is 5.76 Å². The third-order valence-corrected chi connectivity index (χ3v) is 4.88. The van der Waals surface area contributed by atoms with Crippen LogP contribution in [0, 0.1) is 13.8 Å². The number of rotatable bonds is 3. The molecule has 1 N–H and O–H groups in total. The van der Waals surface area contributed by atoms with E-state index in [4.69, 9.17) is 4.52 Å². The average Bonchev–Trinajstić information content (AvgIpc) is 2.75. The molecule has 1 aromatic rings. The highest BCUT2D eigenvalue weighted by Crippen LogP contribution is 2.14. The van der Waals surface area contributed by atoms with Crippen LogP contribution in [0.15, 0.2) is 4.52 Å². The molecule has 1 saturated heterocycles. The Morgan fingerprint density at radius 2 is 2.22 bits per heavy atom. The molecule has 0 spiro atoms. The molecule has 1 aliphatic heterocycles. The van der Waals surface area contributed by atoms with E-state index >= 15 is 0 Å². The second-order valence-corrected chi connectivity index (χ2v) is 6.88. The molecular weight excluding hydrogens is 256 g/mol. The molecule has 1 fully saturated rings. The Bertz CT molecular complexity index is 542. The van der Waals surface area contributed by atoms with Gasteiger partial charge in [0.25, 0.3) is 0 Å². The van der Waals surface area contributed by atoms with Crippen LogP contribution in [-0.4, -0.2) is 37.0 Å². The van der Waals surface area contributed by atoms with Crippen molar-refractivity contribution in [3.05, 3.63) is 17.0 Å². The number of aromatic nitrogens is 1. The molecule has 6 nitrogen and oxygen atoms in total. The van der Waals surface area contributed by atoms with Crippen molar-refractivity contribution in [2.75, 3.05) is 11.5 Å². The highest BCUT2D eigenvalue weighted by atomic mass is 32.2. The third kappa shape index (κ3) is 2.90. The van der Waals surface area contributed by atoms with Crippen LogP contribution >= 0.6 is 0 Å². The van der Waals surface area contributed by atoms with Crippen LogP contribution in [0.4, 0.5) is 0 Å². The molecule has 2 rings (SSSR count). The number of carbonyl (C=O) groups is 1. The number of nitrogens with one attached hydrogen (secondary N) is 1. The summed E-state index contributed by atoms with van der Waals surface area (Å²) in [7, 11) is -2.97. The monoisotopic (exact) mass is 272 g/mol. The van der Waals surface area contributed by atoms with Crippen LogP contribution < -0.4 is 5.32 Å². The Hall–Kier alpha value is -1.37. The molecule has 1 amide bonds. The standard InChI is InChI=1S/C11H16N2O4S/c1-7-10(8(2)17-13-7)5-11(14)12-9-3-4-18(15,16)6-9/h9H,3-6H2,1-2H3,(H,12,14)/t9-/m1/s1. The molecule has 1 aromatic heterocycles. The first-order valence-corrected chi connectivity index (χ1v) is 7.61. The van der Waals surface area contributed by atoms with Crippen LogP contribution in [0.25, 0.3) is 0 Å². The molecular formula is C11H16N2O4S. The van der Waals surface area contributed by atoms with Gasteiger partial charge in [-0.05, 0) is 20.3 Å². The van der Waals surface area contributed by atoms with Crippen LogP contribution in [0.5, 0.6) is 0 Å². The summed E-state index contributed by atoms with van der Waals surface area (Å²) in [6.07, 6.45) is 0.674. The summed E-state index contributed by atoms with van der Waals surface area (Å²) in [6.45, 7) is 3.53. The minimum absolute atomic E-state index is 0.0420. The van der Waals surface area contributed by atoms with Gasteiger partial charge in [-0.2, -0.15) is 0 Å². The van der Waals surface area contributed by atoms with E-state index in [-0.39, 0.29) is 29.9 Å². The highest BCUT2D eigenvalue weighted by molar-refractivity contribution is 7.91. The minimum Gasteiger partial charge on any atom is -0.361 e. The molecule has 0 bridgehead atoms. The zero-order valence-corrected chi connectivity index (χ0v) is 11.2. The second-order valence-electron chi connectivity index (χ2n) is 4.65. The zero-order valence-electron chi connectivity index (χ0n) is 10.4. The molecule has 1 atom stereocenters. The first-order chi connectivity index (χ1) is 8.37. The van der Waals surface area contributed by atoms with Crippen molar-refractivity contribution in [3.8, 4) is 0 Å². The van der Waals surface area contributed by atoms with Gasteiger partial charge in [0.15, 0.2) is 9.84 Å². The lowest BCUT2D eigenvalue weighted by Gasteiger charge is -2.10. The maximum Gasteiger partial charge on any atom is 0.224 e. The van der Waals surface area contributed by atoms with Crippen molar-refractivity contribution < 1.29 is 17.7 Å². The molecule has 0 radical (unpaired) electrons. The number of hydrogen-bond acceptors (Lipinski definition) is 5. The number of carbonyl (C=O) groups excluding carboxylic acids is 1. The number of nitrogens with zero attached hydrogens (tertiary/aromatic N) is 1. The summed E-state index contributed by atoms with van der Waals surface area (Å²) < 4.78 is 27.5. The fourth-order valence-corrected chi connectivity index (χ4v) is 3.78. The average molecular weight is 272 g/mol. The number of hydrogen-bond donors (Lipinski definition) is 1. The van der Waals surface area contributed by atoms with E-state index < -0.39 is 9.84 Å². The van der Waals surface area contributed by atoms with E-state index in [1.807, 2.05) is 0 Å².